The summed E-state index contributed by atoms with van der Waals surface area (Å²) < 4.78 is 2.13. The van der Waals surface area contributed by atoms with Gasteiger partial charge in [0, 0.05) is 37.4 Å². The maximum Gasteiger partial charge on any atom is 0.0492 e. The molecular weight excluding hydrogens is 150 g/mol. The van der Waals surface area contributed by atoms with Crippen LogP contribution in [0.5, 0.6) is 0 Å². The molecule has 1 aliphatic rings. The van der Waals surface area contributed by atoms with E-state index in [1.807, 2.05) is 6.20 Å². The second-order valence-corrected chi connectivity index (χ2v) is 3.38. The Morgan fingerprint density at radius 1 is 1.67 bits per heavy atom. The molecule has 0 aliphatic carbocycles. The fraction of sp³-hybridized carbons (Fsp3) is 0.667. The zero-order chi connectivity index (χ0) is 8.39. The summed E-state index contributed by atoms with van der Waals surface area (Å²) in [4.78, 5) is 0. The van der Waals surface area contributed by atoms with Crippen LogP contribution in [0.25, 0.3) is 0 Å². The Morgan fingerprint density at radius 2 is 2.50 bits per heavy atom. The van der Waals surface area contributed by atoms with Crippen molar-refractivity contribution in [3.8, 4) is 0 Å². The molecule has 3 heteroatoms. The van der Waals surface area contributed by atoms with Crippen LogP contribution < -0.4 is 5.32 Å². The minimum absolute atomic E-state index is 0.801. The fourth-order valence-corrected chi connectivity index (χ4v) is 1.55. The summed E-state index contributed by atoms with van der Waals surface area (Å²) in [7, 11) is 0. The molecule has 12 heavy (non-hydrogen) atoms. The average Bonchev–Trinajstić information content (AvgIpc) is 2.43. The molecule has 1 saturated heterocycles. The highest BCUT2D eigenvalue weighted by molar-refractivity contribution is 5.00. The van der Waals surface area contributed by atoms with Gasteiger partial charge >= 0.3 is 0 Å². The van der Waals surface area contributed by atoms with Gasteiger partial charge in [0.25, 0.3) is 0 Å². The number of nitrogens with one attached hydrogen (secondary N) is 1. The zero-order valence-corrected chi connectivity index (χ0v) is 7.45. The van der Waals surface area contributed by atoms with E-state index in [0.29, 0.717) is 0 Å². The number of rotatable bonds is 3. The standard InChI is InChI=1S/C9H15N3/c1-2-9-3-4-11-12(9)7-8-5-10-6-8/h3-4,8,10H,2,5-7H2,1H3. The molecule has 1 aromatic heterocycles. The largest absolute Gasteiger partial charge is 0.316 e. The molecule has 1 aliphatic heterocycles. The molecule has 2 rings (SSSR count). The van der Waals surface area contributed by atoms with Crippen molar-refractivity contribution in [3.05, 3.63) is 18.0 Å². The first-order valence-corrected chi connectivity index (χ1v) is 4.61. The van der Waals surface area contributed by atoms with E-state index < -0.39 is 0 Å². The second kappa shape index (κ2) is 3.27. The number of aromatic nitrogens is 2. The first-order chi connectivity index (χ1) is 5.90. The summed E-state index contributed by atoms with van der Waals surface area (Å²) in [6.07, 6.45) is 2.98. The van der Waals surface area contributed by atoms with Crippen molar-refractivity contribution < 1.29 is 0 Å². The molecule has 1 fully saturated rings. The predicted octanol–water partition coefficient (Wildman–Crippen LogP) is 0.665. The van der Waals surface area contributed by atoms with E-state index in [-0.39, 0.29) is 0 Å². The van der Waals surface area contributed by atoms with Crippen LogP contribution in [0.4, 0.5) is 0 Å². The van der Waals surface area contributed by atoms with E-state index in [1.54, 1.807) is 0 Å². The van der Waals surface area contributed by atoms with Crippen molar-refractivity contribution in [1.29, 1.82) is 0 Å². The highest BCUT2D eigenvalue weighted by Gasteiger charge is 2.17. The van der Waals surface area contributed by atoms with Crippen LogP contribution in [-0.2, 0) is 13.0 Å². The first-order valence-electron chi connectivity index (χ1n) is 4.61. The summed E-state index contributed by atoms with van der Waals surface area (Å²) in [5.74, 6) is 0.801. The van der Waals surface area contributed by atoms with Gasteiger partial charge in [0.2, 0.25) is 0 Å². The highest BCUT2D eigenvalue weighted by atomic mass is 15.3. The van der Waals surface area contributed by atoms with Crippen LogP contribution in [0.3, 0.4) is 0 Å². The molecule has 3 nitrogen and oxygen atoms in total. The van der Waals surface area contributed by atoms with Crippen LogP contribution >= 0.6 is 0 Å². The quantitative estimate of drug-likeness (QED) is 0.713. The third kappa shape index (κ3) is 1.37. The molecule has 1 N–H and O–H groups in total. The van der Waals surface area contributed by atoms with Gasteiger partial charge in [0.1, 0.15) is 0 Å². The Bertz CT molecular complexity index is 250. The van der Waals surface area contributed by atoms with Crippen molar-refractivity contribution in [3.63, 3.8) is 0 Å². The Balaban J connectivity index is 2.00. The lowest BCUT2D eigenvalue weighted by atomic mass is 10.0. The van der Waals surface area contributed by atoms with E-state index in [1.165, 1.54) is 5.69 Å². The third-order valence-corrected chi connectivity index (χ3v) is 2.46. The molecule has 66 valence electrons. The van der Waals surface area contributed by atoms with Gasteiger partial charge in [0.15, 0.2) is 0 Å². The molecule has 0 saturated carbocycles. The van der Waals surface area contributed by atoms with Crippen LogP contribution in [0.15, 0.2) is 12.3 Å². The van der Waals surface area contributed by atoms with Gasteiger partial charge < -0.3 is 5.32 Å². The molecular formula is C9H15N3. The minimum Gasteiger partial charge on any atom is -0.316 e. The lowest BCUT2D eigenvalue weighted by Gasteiger charge is -2.27. The van der Waals surface area contributed by atoms with E-state index in [4.69, 9.17) is 0 Å². The third-order valence-electron chi connectivity index (χ3n) is 2.46. The Labute approximate surface area is 72.8 Å². The van der Waals surface area contributed by atoms with Crippen LogP contribution in [0.1, 0.15) is 12.6 Å². The zero-order valence-electron chi connectivity index (χ0n) is 7.45. The Morgan fingerprint density at radius 3 is 3.08 bits per heavy atom. The number of hydrogen-bond donors (Lipinski definition) is 1. The lowest BCUT2D eigenvalue weighted by Crippen LogP contribution is -2.44. The Kier molecular flexibility index (Phi) is 2.13. The molecule has 0 amide bonds. The van der Waals surface area contributed by atoms with Crippen LogP contribution in [-0.4, -0.2) is 22.9 Å². The average molecular weight is 165 g/mol. The van der Waals surface area contributed by atoms with E-state index in [9.17, 15) is 0 Å². The van der Waals surface area contributed by atoms with E-state index in [2.05, 4.69) is 28.1 Å². The van der Waals surface area contributed by atoms with Gasteiger partial charge in [-0.1, -0.05) is 6.92 Å². The van der Waals surface area contributed by atoms with Crippen molar-refractivity contribution in [1.82, 2.24) is 15.1 Å². The molecule has 0 atom stereocenters. The SMILES string of the molecule is CCc1ccnn1CC1CNC1. The van der Waals surface area contributed by atoms with Gasteiger partial charge in [-0.3, -0.25) is 4.68 Å². The summed E-state index contributed by atoms with van der Waals surface area (Å²) in [5, 5.41) is 7.57. The van der Waals surface area contributed by atoms with Gasteiger partial charge in [-0.25, -0.2) is 0 Å². The Hall–Kier alpha value is -0.830. The maximum absolute atomic E-state index is 4.30. The molecule has 0 aromatic carbocycles. The van der Waals surface area contributed by atoms with Gasteiger partial charge in [-0.2, -0.15) is 5.10 Å². The second-order valence-electron chi connectivity index (χ2n) is 3.38. The van der Waals surface area contributed by atoms with Crippen LogP contribution in [0.2, 0.25) is 0 Å². The molecule has 0 radical (unpaired) electrons. The molecule has 0 unspecified atom stereocenters. The normalized spacial score (nSPS) is 17.8. The minimum atomic E-state index is 0.801. The van der Waals surface area contributed by atoms with E-state index in [0.717, 1.165) is 32.0 Å². The predicted molar refractivity (Wildman–Crippen MR) is 48.0 cm³/mol. The number of aryl methyl sites for hydroxylation is 1. The van der Waals surface area contributed by atoms with Crippen molar-refractivity contribution in [2.75, 3.05) is 13.1 Å². The lowest BCUT2D eigenvalue weighted by molar-refractivity contribution is 0.292. The monoisotopic (exact) mass is 165 g/mol. The summed E-state index contributed by atoms with van der Waals surface area (Å²) in [6, 6.07) is 2.10. The summed E-state index contributed by atoms with van der Waals surface area (Å²) in [5.41, 5.74) is 1.35. The van der Waals surface area contributed by atoms with Crippen LogP contribution in [0, 0.1) is 5.92 Å². The maximum atomic E-state index is 4.30. The molecule has 0 bridgehead atoms. The smallest absolute Gasteiger partial charge is 0.0492 e. The van der Waals surface area contributed by atoms with Gasteiger partial charge in [-0.05, 0) is 12.5 Å². The summed E-state index contributed by atoms with van der Waals surface area (Å²) >= 11 is 0. The summed E-state index contributed by atoms with van der Waals surface area (Å²) in [6.45, 7) is 5.57. The highest BCUT2D eigenvalue weighted by Crippen LogP contribution is 2.08. The van der Waals surface area contributed by atoms with Gasteiger partial charge in [0.05, 0.1) is 0 Å². The first kappa shape index (κ1) is 7.80. The molecule has 2 heterocycles. The van der Waals surface area contributed by atoms with Crippen molar-refractivity contribution >= 4 is 0 Å². The van der Waals surface area contributed by atoms with E-state index >= 15 is 0 Å². The topological polar surface area (TPSA) is 29.9 Å². The van der Waals surface area contributed by atoms with Crippen molar-refractivity contribution in [2.45, 2.75) is 19.9 Å². The number of nitrogens with zero attached hydrogens (tertiary/aromatic N) is 2. The van der Waals surface area contributed by atoms with Gasteiger partial charge in [-0.15, -0.1) is 0 Å². The van der Waals surface area contributed by atoms with Crippen molar-refractivity contribution in [2.24, 2.45) is 5.92 Å². The molecule has 1 aromatic rings. The fourth-order valence-electron chi connectivity index (χ4n) is 1.55. The number of hydrogen-bond acceptors (Lipinski definition) is 2. The molecule has 0 spiro atoms.